The second kappa shape index (κ2) is 7.53. The topological polar surface area (TPSA) is 69.7 Å². The van der Waals surface area contributed by atoms with Crippen LogP contribution in [0.15, 0.2) is 0 Å². The normalized spacial score (nSPS) is 29.5. The van der Waals surface area contributed by atoms with Crippen molar-refractivity contribution in [2.45, 2.75) is 57.9 Å². The van der Waals surface area contributed by atoms with E-state index in [1.54, 1.807) is 0 Å². The number of rotatable bonds is 3. The predicted molar refractivity (Wildman–Crippen MR) is 90.1 cm³/mol. The maximum Gasteiger partial charge on any atom is 0.226 e. The summed E-state index contributed by atoms with van der Waals surface area (Å²) in [5.74, 6) is 0.774. The quantitative estimate of drug-likeness (QED) is 0.841. The zero-order valence-corrected chi connectivity index (χ0v) is 14.6. The number of hydrogen-bond acceptors (Lipinski definition) is 3. The van der Waals surface area contributed by atoms with Gasteiger partial charge in [-0.3, -0.25) is 14.4 Å². The smallest absolute Gasteiger partial charge is 0.226 e. The van der Waals surface area contributed by atoms with Crippen molar-refractivity contribution < 1.29 is 14.4 Å². The minimum Gasteiger partial charge on any atom is -0.354 e. The van der Waals surface area contributed by atoms with Gasteiger partial charge in [-0.15, -0.1) is 0 Å². The van der Waals surface area contributed by atoms with E-state index in [1.807, 2.05) is 16.7 Å². The molecule has 3 fully saturated rings. The Labute approximate surface area is 143 Å². The molecule has 3 aliphatic rings. The Hall–Kier alpha value is -1.59. The molecule has 3 saturated heterocycles. The Morgan fingerprint density at radius 3 is 2.58 bits per heavy atom. The Balaban J connectivity index is 1.47. The van der Waals surface area contributed by atoms with Gasteiger partial charge in [0.2, 0.25) is 17.7 Å². The molecule has 0 aromatic heterocycles. The van der Waals surface area contributed by atoms with Crippen molar-refractivity contribution in [3.8, 4) is 0 Å². The van der Waals surface area contributed by atoms with Crippen LogP contribution in [0.1, 0.15) is 51.9 Å². The standard InChI is InChI=1S/C18H29N3O3/c1-13-10-15(11-16(22)19-13)18(24)20-8-5-14(6-9-20)12-21-7-3-2-4-17(21)23/h13-15H,2-12H2,1H3,(H,19,22)/t13-,15+/m1/s1. The molecule has 3 amide bonds. The molecule has 3 rings (SSSR count). The van der Waals surface area contributed by atoms with Gasteiger partial charge in [-0.05, 0) is 44.9 Å². The molecular weight excluding hydrogens is 306 g/mol. The fourth-order valence-corrected chi connectivity index (χ4v) is 4.28. The molecule has 0 unspecified atom stereocenters. The van der Waals surface area contributed by atoms with Gasteiger partial charge in [-0.1, -0.05) is 0 Å². The molecule has 0 spiro atoms. The van der Waals surface area contributed by atoms with E-state index in [2.05, 4.69) is 5.32 Å². The molecular formula is C18H29N3O3. The Bertz CT molecular complexity index is 500. The van der Waals surface area contributed by atoms with Crippen LogP contribution in [0.25, 0.3) is 0 Å². The molecule has 0 radical (unpaired) electrons. The summed E-state index contributed by atoms with van der Waals surface area (Å²) < 4.78 is 0. The zero-order chi connectivity index (χ0) is 17.1. The van der Waals surface area contributed by atoms with Crippen molar-refractivity contribution in [2.75, 3.05) is 26.2 Å². The van der Waals surface area contributed by atoms with Crippen LogP contribution in [0, 0.1) is 11.8 Å². The van der Waals surface area contributed by atoms with E-state index in [4.69, 9.17) is 0 Å². The van der Waals surface area contributed by atoms with Crippen LogP contribution in [-0.2, 0) is 14.4 Å². The van der Waals surface area contributed by atoms with Crippen molar-refractivity contribution in [1.29, 1.82) is 0 Å². The summed E-state index contributed by atoms with van der Waals surface area (Å²) in [6, 6.07) is 0.0860. The fraction of sp³-hybridized carbons (Fsp3) is 0.833. The van der Waals surface area contributed by atoms with Gasteiger partial charge in [-0.25, -0.2) is 0 Å². The van der Waals surface area contributed by atoms with Crippen molar-refractivity contribution in [2.24, 2.45) is 11.8 Å². The van der Waals surface area contributed by atoms with E-state index >= 15 is 0 Å². The molecule has 0 aromatic carbocycles. The first-order valence-corrected chi connectivity index (χ1v) is 9.39. The number of carbonyl (C=O) groups excluding carboxylic acids is 3. The van der Waals surface area contributed by atoms with Crippen LogP contribution in [0.3, 0.4) is 0 Å². The lowest BCUT2D eigenvalue weighted by Crippen LogP contribution is -2.49. The molecule has 6 heteroatoms. The molecule has 2 atom stereocenters. The molecule has 3 aliphatic heterocycles. The van der Waals surface area contributed by atoms with Crippen molar-refractivity contribution in [3.63, 3.8) is 0 Å². The van der Waals surface area contributed by atoms with Crippen molar-refractivity contribution in [1.82, 2.24) is 15.1 Å². The average Bonchev–Trinajstić information content (AvgIpc) is 2.56. The fourth-order valence-electron chi connectivity index (χ4n) is 4.28. The summed E-state index contributed by atoms with van der Waals surface area (Å²) in [4.78, 5) is 40.2. The van der Waals surface area contributed by atoms with Crippen LogP contribution in [-0.4, -0.2) is 59.7 Å². The van der Waals surface area contributed by atoms with Crippen molar-refractivity contribution >= 4 is 17.7 Å². The van der Waals surface area contributed by atoms with Gasteiger partial charge in [-0.2, -0.15) is 0 Å². The summed E-state index contributed by atoms with van der Waals surface area (Å²) in [6.45, 7) is 5.23. The Morgan fingerprint density at radius 2 is 1.92 bits per heavy atom. The first kappa shape index (κ1) is 17.2. The molecule has 0 aliphatic carbocycles. The van der Waals surface area contributed by atoms with Gasteiger partial charge in [0, 0.05) is 51.0 Å². The number of hydrogen-bond donors (Lipinski definition) is 1. The van der Waals surface area contributed by atoms with Gasteiger partial charge in [0.1, 0.15) is 0 Å². The summed E-state index contributed by atoms with van der Waals surface area (Å²) in [5.41, 5.74) is 0. The first-order valence-electron chi connectivity index (χ1n) is 9.39. The molecule has 0 saturated carbocycles. The van der Waals surface area contributed by atoms with Gasteiger partial charge in [0.05, 0.1) is 0 Å². The number of nitrogens with zero attached hydrogens (tertiary/aromatic N) is 2. The average molecular weight is 335 g/mol. The van der Waals surface area contributed by atoms with E-state index in [0.717, 1.165) is 58.3 Å². The summed E-state index contributed by atoms with van der Waals surface area (Å²) in [5, 5.41) is 2.88. The number of likely N-dealkylation sites (tertiary alicyclic amines) is 2. The molecule has 0 aromatic rings. The van der Waals surface area contributed by atoms with Crippen LogP contribution < -0.4 is 5.32 Å². The maximum absolute atomic E-state index is 12.7. The second-order valence-electron chi connectivity index (χ2n) is 7.67. The third-order valence-corrected chi connectivity index (χ3v) is 5.65. The predicted octanol–water partition coefficient (Wildman–Crippen LogP) is 1.15. The zero-order valence-electron chi connectivity index (χ0n) is 14.6. The second-order valence-corrected chi connectivity index (χ2v) is 7.67. The van der Waals surface area contributed by atoms with Crippen LogP contribution in [0.2, 0.25) is 0 Å². The third kappa shape index (κ3) is 4.08. The van der Waals surface area contributed by atoms with Crippen LogP contribution in [0.5, 0.6) is 0 Å². The van der Waals surface area contributed by atoms with Crippen LogP contribution in [0.4, 0.5) is 0 Å². The summed E-state index contributed by atoms with van der Waals surface area (Å²) in [6.07, 6.45) is 5.83. The van der Waals surface area contributed by atoms with Crippen LogP contribution >= 0.6 is 0 Å². The number of nitrogens with one attached hydrogen (secondary N) is 1. The van der Waals surface area contributed by atoms with Crippen molar-refractivity contribution in [3.05, 3.63) is 0 Å². The van der Waals surface area contributed by atoms with Gasteiger partial charge < -0.3 is 15.1 Å². The largest absolute Gasteiger partial charge is 0.354 e. The maximum atomic E-state index is 12.7. The first-order chi connectivity index (χ1) is 11.5. The highest BCUT2D eigenvalue weighted by atomic mass is 16.2. The highest BCUT2D eigenvalue weighted by Crippen LogP contribution is 2.25. The molecule has 134 valence electrons. The van der Waals surface area contributed by atoms with E-state index in [1.165, 1.54) is 0 Å². The van der Waals surface area contributed by atoms with Gasteiger partial charge in [0.15, 0.2) is 0 Å². The van der Waals surface area contributed by atoms with E-state index in [0.29, 0.717) is 24.7 Å². The summed E-state index contributed by atoms with van der Waals surface area (Å²) >= 11 is 0. The molecule has 0 bridgehead atoms. The lowest BCUT2D eigenvalue weighted by atomic mass is 9.89. The molecule has 3 heterocycles. The lowest BCUT2D eigenvalue weighted by molar-refractivity contribution is -0.142. The highest BCUT2D eigenvalue weighted by molar-refractivity contribution is 5.87. The monoisotopic (exact) mass is 335 g/mol. The Morgan fingerprint density at radius 1 is 1.17 bits per heavy atom. The minimum atomic E-state index is -0.158. The molecule has 24 heavy (non-hydrogen) atoms. The highest BCUT2D eigenvalue weighted by Gasteiger charge is 2.34. The van der Waals surface area contributed by atoms with Gasteiger partial charge >= 0.3 is 0 Å². The lowest BCUT2D eigenvalue weighted by Gasteiger charge is -2.38. The molecule has 1 N–H and O–H groups in total. The SMILES string of the molecule is C[C@@H]1C[C@H](C(=O)N2CCC(CN3CCCCC3=O)CC2)CC(=O)N1. The van der Waals surface area contributed by atoms with E-state index in [9.17, 15) is 14.4 Å². The minimum absolute atomic E-state index is 0.00871. The Kier molecular flexibility index (Phi) is 5.41. The van der Waals surface area contributed by atoms with E-state index in [-0.39, 0.29) is 23.8 Å². The number of amides is 3. The third-order valence-electron chi connectivity index (χ3n) is 5.65. The van der Waals surface area contributed by atoms with E-state index < -0.39 is 0 Å². The number of carbonyl (C=O) groups is 3. The molecule has 6 nitrogen and oxygen atoms in total. The summed E-state index contributed by atoms with van der Waals surface area (Å²) in [7, 11) is 0. The van der Waals surface area contributed by atoms with Gasteiger partial charge in [0.25, 0.3) is 0 Å². The number of piperidine rings is 3.